The van der Waals surface area contributed by atoms with Crippen LogP contribution < -0.4 is 20.3 Å². The van der Waals surface area contributed by atoms with Crippen molar-refractivity contribution in [2.24, 2.45) is 0 Å². The summed E-state index contributed by atoms with van der Waals surface area (Å²) < 4.78 is 44.7. The molecule has 0 radical (unpaired) electrons. The van der Waals surface area contributed by atoms with E-state index in [0.29, 0.717) is 0 Å². The number of nitrogens with zero attached hydrogens (tertiary/aromatic N) is 2. The van der Waals surface area contributed by atoms with Crippen LogP contribution in [0.15, 0.2) is 35.4 Å². The van der Waals surface area contributed by atoms with Crippen molar-refractivity contribution in [1.29, 1.82) is 0 Å². The van der Waals surface area contributed by atoms with Crippen molar-refractivity contribution in [3.05, 3.63) is 51.1 Å². The Kier molecular flexibility index (Phi) is 5.39. The second-order valence-electron chi connectivity index (χ2n) is 4.55. The molecule has 0 atom stereocenters. The molecule has 0 saturated heterocycles. The minimum Gasteiger partial charge on any atom is -0.462 e. The topological polar surface area (TPSA) is 136 Å². The predicted molar refractivity (Wildman–Crippen MR) is 78.8 cm³/mol. The summed E-state index contributed by atoms with van der Waals surface area (Å²) >= 11 is 0. The van der Waals surface area contributed by atoms with Gasteiger partial charge in [0.1, 0.15) is 5.75 Å². The molecule has 2 aromatic rings. The van der Waals surface area contributed by atoms with Gasteiger partial charge in [0.15, 0.2) is 6.61 Å². The van der Waals surface area contributed by atoms with Gasteiger partial charge >= 0.3 is 23.5 Å². The standard InChI is InChI=1S/C13H9F3N4O6/c14-13(15,16)26-8-3-1-7(2-4-8)19-9(21)5-25-12-10(20(23)24)11(22)17-6-18-12/h1-4,6H,5H2,(H,19,21)(H,17,18,22). The van der Waals surface area contributed by atoms with Gasteiger partial charge in [-0.05, 0) is 24.3 Å². The Bertz CT molecular complexity index is 865. The number of nitrogens with one attached hydrogen (secondary N) is 2. The molecule has 1 aromatic carbocycles. The van der Waals surface area contributed by atoms with Gasteiger partial charge in [0, 0.05) is 5.69 Å². The Labute approximate surface area is 141 Å². The SMILES string of the molecule is O=C(COc1nc[nH]c(=O)c1[N+](=O)[O-])Nc1ccc(OC(F)(F)F)cc1. The summed E-state index contributed by atoms with van der Waals surface area (Å²) in [5.41, 5.74) is -1.89. The van der Waals surface area contributed by atoms with Crippen LogP contribution in [0.5, 0.6) is 11.6 Å². The maximum Gasteiger partial charge on any atom is 0.573 e. The normalized spacial score (nSPS) is 10.9. The summed E-state index contributed by atoms with van der Waals surface area (Å²) in [5, 5.41) is 13.1. The van der Waals surface area contributed by atoms with E-state index in [-0.39, 0.29) is 5.69 Å². The van der Waals surface area contributed by atoms with Crippen LogP contribution >= 0.6 is 0 Å². The molecule has 138 valence electrons. The molecule has 1 amide bonds. The molecule has 13 heteroatoms. The van der Waals surface area contributed by atoms with Gasteiger partial charge < -0.3 is 19.8 Å². The third kappa shape index (κ3) is 5.19. The van der Waals surface area contributed by atoms with Crippen molar-refractivity contribution in [3.8, 4) is 11.6 Å². The Balaban J connectivity index is 1.97. The lowest BCUT2D eigenvalue weighted by Gasteiger charge is -2.10. The second kappa shape index (κ2) is 7.50. The molecule has 0 spiro atoms. The number of hydrogen-bond donors (Lipinski definition) is 2. The van der Waals surface area contributed by atoms with Gasteiger partial charge in [0.05, 0.1) is 11.3 Å². The monoisotopic (exact) mass is 374 g/mol. The average Bonchev–Trinajstić information content (AvgIpc) is 2.53. The summed E-state index contributed by atoms with van der Waals surface area (Å²) in [6.45, 7) is -0.724. The van der Waals surface area contributed by atoms with Crippen LogP contribution in [0, 0.1) is 10.1 Å². The highest BCUT2D eigenvalue weighted by atomic mass is 19.4. The van der Waals surface area contributed by atoms with Gasteiger partial charge in [-0.25, -0.2) is 0 Å². The van der Waals surface area contributed by atoms with Crippen LogP contribution in [0.3, 0.4) is 0 Å². The van der Waals surface area contributed by atoms with Crippen LogP contribution in [0.2, 0.25) is 0 Å². The molecule has 0 unspecified atom stereocenters. The molecular formula is C13H9F3N4O6. The minimum atomic E-state index is -4.84. The van der Waals surface area contributed by atoms with E-state index >= 15 is 0 Å². The maximum absolute atomic E-state index is 12.0. The molecule has 0 bridgehead atoms. The second-order valence-corrected chi connectivity index (χ2v) is 4.55. The molecule has 0 aliphatic heterocycles. The van der Waals surface area contributed by atoms with Crippen molar-refractivity contribution < 1.29 is 32.4 Å². The molecule has 0 saturated carbocycles. The average molecular weight is 374 g/mol. The molecule has 0 aliphatic rings. The van der Waals surface area contributed by atoms with E-state index < -0.39 is 46.7 Å². The van der Waals surface area contributed by atoms with E-state index in [2.05, 4.69) is 15.0 Å². The number of ether oxygens (including phenoxy) is 2. The van der Waals surface area contributed by atoms with Crippen LogP contribution in [0.4, 0.5) is 24.5 Å². The van der Waals surface area contributed by atoms with Crippen LogP contribution in [0.1, 0.15) is 0 Å². The van der Waals surface area contributed by atoms with Gasteiger partial charge in [-0.3, -0.25) is 19.7 Å². The molecule has 1 aromatic heterocycles. The quantitative estimate of drug-likeness (QED) is 0.579. The van der Waals surface area contributed by atoms with Crippen LogP contribution in [-0.4, -0.2) is 33.8 Å². The number of rotatable bonds is 6. The highest BCUT2D eigenvalue weighted by Crippen LogP contribution is 2.24. The Hall–Kier alpha value is -3.64. The summed E-state index contributed by atoms with van der Waals surface area (Å²) in [6, 6.07) is 4.25. The fraction of sp³-hybridized carbons (Fsp3) is 0.154. The summed E-state index contributed by atoms with van der Waals surface area (Å²) in [5.74, 6) is -1.91. The first-order chi connectivity index (χ1) is 12.2. The zero-order valence-corrected chi connectivity index (χ0v) is 12.6. The van der Waals surface area contributed by atoms with Crippen molar-refractivity contribution >= 4 is 17.3 Å². The summed E-state index contributed by atoms with van der Waals surface area (Å²) in [7, 11) is 0. The smallest absolute Gasteiger partial charge is 0.462 e. The molecule has 0 aliphatic carbocycles. The Morgan fingerprint density at radius 1 is 1.31 bits per heavy atom. The number of H-pyrrole nitrogens is 1. The molecule has 26 heavy (non-hydrogen) atoms. The number of hydrogen-bond acceptors (Lipinski definition) is 7. The summed E-state index contributed by atoms with van der Waals surface area (Å²) in [6.07, 6.45) is -3.98. The number of alkyl halides is 3. The number of carbonyl (C=O) groups is 1. The largest absolute Gasteiger partial charge is 0.573 e. The zero-order chi connectivity index (χ0) is 19.3. The van der Waals surface area contributed by atoms with Crippen molar-refractivity contribution in [2.45, 2.75) is 6.36 Å². The van der Waals surface area contributed by atoms with Crippen molar-refractivity contribution in [2.75, 3.05) is 11.9 Å². The third-order valence-electron chi connectivity index (χ3n) is 2.69. The van der Waals surface area contributed by atoms with Gasteiger partial charge in [-0.1, -0.05) is 0 Å². The number of carbonyl (C=O) groups excluding carboxylic acids is 1. The molecule has 1 heterocycles. The lowest BCUT2D eigenvalue weighted by molar-refractivity contribution is -0.387. The lowest BCUT2D eigenvalue weighted by atomic mass is 10.3. The van der Waals surface area contributed by atoms with Gasteiger partial charge in [-0.15, -0.1) is 13.2 Å². The maximum atomic E-state index is 12.0. The molecule has 2 N–H and O–H groups in total. The fourth-order valence-electron chi connectivity index (χ4n) is 1.71. The van der Waals surface area contributed by atoms with Gasteiger partial charge in [-0.2, -0.15) is 4.98 Å². The number of benzene rings is 1. The van der Waals surface area contributed by atoms with Crippen LogP contribution in [-0.2, 0) is 4.79 Å². The number of anilines is 1. The van der Waals surface area contributed by atoms with Gasteiger partial charge in [0.2, 0.25) is 0 Å². The Morgan fingerprint density at radius 3 is 2.54 bits per heavy atom. The van der Waals surface area contributed by atoms with Crippen LogP contribution in [0.25, 0.3) is 0 Å². The first kappa shape index (κ1) is 18.7. The van der Waals surface area contributed by atoms with Crippen molar-refractivity contribution in [3.63, 3.8) is 0 Å². The number of halogens is 3. The number of aromatic nitrogens is 2. The van der Waals surface area contributed by atoms with E-state index in [1.54, 1.807) is 0 Å². The first-order valence-corrected chi connectivity index (χ1v) is 6.66. The number of nitro groups is 1. The zero-order valence-electron chi connectivity index (χ0n) is 12.6. The molecule has 10 nitrogen and oxygen atoms in total. The van der Waals surface area contributed by atoms with Gasteiger partial charge in [0.25, 0.3) is 5.91 Å². The van der Waals surface area contributed by atoms with E-state index in [9.17, 15) is 32.9 Å². The Morgan fingerprint density at radius 2 is 1.96 bits per heavy atom. The molecular weight excluding hydrogens is 365 g/mol. The highest BCUT2D eigenvalue weighted by Gasteiger charge is 2.31. The predicted octanol–water partition coefficient (Wildman–Crippen LogP) is 1.59. The molecule has 0 fully saturated rings. The van der Waals surface area contributed by atoms with E-state index in [1.165, 1.54) is 0 Å². The minimum absolute atomic E-state index is 0.126. The lowest BCUT2D eigenvalue weighted by Crippen LogP contribution is -2.22. The highest BCUT2D eigenvalue weighted by molar-refractivity contribution is 5.91. The third-order valence-corrected chi connectivity index (χ3v) is 2.69. The number of aromatic amines is 1. The van der Waals surface area contributed by atoms with Crippen molar-refractivity contribution in [1.82, 2.24) is 9.97 Å². The summed E-state index contributed by atoms with van der Waals surface area (Å²) in [4.78, 5) is 38.3. The molecule has 2 rings (SSSR count). The van der Waals surface area contributed by atoms with E-state index in [1.807, 2.05) is 4.98 Å². The number of amides is 1. The first-order valence-electron chi connectivity index (χ1n) is 6.66. The van der Waals surface area contributed by atoms with E-state index in [4.69, 9.17) is 4.74 Å². The fourth-order valence-corrected chi connectivity index (χ4v) is 1.71. The van der Waals surface area contributed by atoms with E-state index in [0.717, 1.165) is 30.6 Å².